The van der Waals surface area contributed by atoms with E-state index in [0.717, 1.165) is 16.6 Å². The van der Waals surface area contributed by atoms with Gasteiger partial charge in [-0.3, -0.25) is 0 Å². The van der Waals surface area contributed by atoms with Crippen molar-refractivity contribution in [1.82, 2.24) is 4.72 Å². The van der Waals surface area contributed by atoms with Crippen molar-refractivity contribution in [3.8, 4) is 17.6 Å². The molecule has 8 heteroatoms. The van der Waals surface area contributed by atoms with E-state index < -0.39 is 26.6 Å². The van der Waals surface area contributed by atoms with Crippen molar-refractivity contribution in [3.63, 3.8) is 0 Å². The predicted molar refractivity (Wildman–Crippen MR) is 89.0 cm³/mol. The standard InChI is InChI=1S/C16H12BrF2NO3S/c17-12-4-3-5-15(8-12)23-7-2-1-6-20-24(21,22)16-10-13(18)9-14(19)11-16/h3-5,8-11,20H,6-7H2. The maximum Gasteiger partial charge on any atom is 0.241 e. The minimum atomic E-state index is -4.03. The van der Waals surface area contributed by atoms with Gasteiger partial charge in [-0.05, 0) is 30.3 Å². The Morgan fingerprint density at radius 2 is 1.79 bits per heavy atom. The summed E-state index contributed by atoms with van der Waals surface area (Å²) in [6.45, 7) is -0.130. The average molecular weight is 416 g/mol. The highest BCUT2D eigenvalue weighted by Gasteiger charge is 2.15. The Labute approximate surface area is 147 Å². The lowest BCUT2D eigenvalue weighted by Gasteiger charge is -2.04. The van der Waals surface area contributed by atoms with Crippen LogP contribution in [0.25, 0.3) is 0 Å². The summed E-state index contributed by atoms with van der Waals surface area (Å²) in [6, 6.07) is 9.24. The highest BCUT2D eigenvalue weighted by molar-refractivity contribution is 9.10. The number of hydrogen-bond acceptors (Lipinski definition) is 3. The summed E-state index contributed by atoms with van der Waals surface area (Å²) in [5.74, 6) is 3.88. The van der Waals surface area contributed by atoms with Crippen molar-refractivity contribution in [2.24, 2.45) is 0 Å². The van der Waals surface area contributed by atoms with Crippen molar-refractivity contribution in [3.05, 3.63) is 58.6 Å². The molecule has 0 aromatic heterocycles. The first-order chi connectivity index (χ1) is 11.4. The van der Waals surface area contributed by atoms with E-state index in [9.17, 15) is 17.2 Å². The molecule has 1 N–H and O–H groups in total. The number of sulfonamides is 1. The van der Waals surface area contributed by atoms with Gasteiger partial charge in [-0.1, -0.05) is 33.8 Å². The van der Waals surface area contributed by atoms with Crippen LogP contribution in [0.3, 0.4) is 0 Å². The topological polar surface area (TPSA) is 55.4 Å². The maximum absolute atomic E-state index is 13.1. The first kappa shape index (κ1) is 18.4. The molecule has 24 heavy (non-hydrogen) atoms. The van der Waals surface area contributed by atoms with Gasteiger partial charge >= 0.3 is 0 Å². The van der Waals surface area contributed by atoms with Crippen LogP contribution in [0.15, 0.2) is 51.8 Å². The molecule has 0 saturated carbocycles. The second-order valence-electron chi connectivity index (χ2n) is 4.53. The van der Waals surface area contributed by atoms with E-state index in [1.54, 1.807) is 18.2 Å². The fraction of sp³-hybridized carbons (Fsp3) is 0.125. The quantitative estimate of drug-likeness (QED) is 0.763. The summed E-state index contributed by atoms with van der Waals surface area (Å²) in [7, 11) is -4.03. The zero-order chi connectivity index (χ0) is 17.6. The SMILES string of the molecule is O=S(=O)(NCC#CCOc1cccc(Br)c1)c1cc(F)cc(F)c1. The van der Waals surface area contributed by atoms with E-state index in [4.69, 9.17) is 4.74 Å². The van der Waals surface area contributed by atoms with Crippen LogP contribution in [0.1, 0.15) is 0 Å². The van der Waals surface area contributed by atoms with Crippen LogP contribution in [-0.2, 0) is 10.0 Å². The van der Waals surface area contributed by atoms with Gasteiger partial charge in [0.25, 0.3) is 0 Å². The Balaban J connectivity index is 1.87. The molecule has 2 aromatic rings. The Bertz CT molecular complexity index is 871. The minimum absolute atomic E-state index is 0.0762. The zero-order valence-corrected chi connectivity index (χ0v) is 14.6. The molecule has 0 aliphatic carbocycles. The monoisotopic (exact) mass is 415 g/mol. The maximum atomic E-state index is 13.1. The number of halogens is 3. The third kappa shape index (κ3) is 5.60. The lowest BCUT2D eigenvalue weighted by Crippen LogP contribution is -2.24. The van der Waals surface area contributed by atoms with Crippen LogP contribution in [0.2, 0.25) is 0 Å². The Hall–Kier alpha value is -1.95. The van der Waals surface area contributed by atoms with Gasteiger partial charge < -0.3 is 4.74 Å². The number of benzene rings is 2. The summed E-state index contributed by atoms with van der Waals surface area (Å²) in [5.41, 5.74) is 0. The number of nitrogens with one attached hydrogen (secondary N) is 1. The molecule has 0 spiro atoms. The van der Waals surface area contributed by atoms with Crippen LogP contribution in [0.4, 0.5) is 8.78 Å². The van der Waals surface area contributed by atoms with Crippen molar-refractivity contribution in [1.29, 1.82) is 0 Å². The summed E-state index contributed by atoms with van der Waals surface area (Å²) in [5, 5.41) is 0. The lowest BCUT2D eigenvalue weighted by molar-refractivity contribution is 0.370. The highest BCUT2D eigenvalue weighted by atomic mass is 79.9. The molecule has 0 fully saturated rings. The van der Waals surface area contributed by atoms with Gasteiger partial charge in [-0.2, -0.15) is 4.72 Å². The molecular weight excluding hydrogens is 404 g/mol. The minimum Gasteiger partial charge on any atom is -0.481 e. The highest BCUT2D eigenvalue weighted by Crippen LogP contribution is 2.17. The Kier molecular flexibility index (Phi) is 6.31. The van der Waals surface area contributed by atoms with Gasteiger partial charge in [0.15, 0.2) is 0 Å². The first-order valence-electron chi connectivity index (χ1n) is 6.67. The van der Waals surface area contributed by atoms with E-state index in [0.29, 0.717) is 11.8 Å². The van der Waals surface area contributed by atoms with Crippen LogP contribution < -0.4 is 9.46 Å². The van der Waals surface area contributed by atoms with Crippen LogP contribution in [0.5, 0.6) is 5.75 Å². The van der Waals surface area contributed by atoms with Crippen molar-refractivity contribution < 1.29 is 21.9 Å². The van der Waals surface area contributed by atoms with Gasteiger partial charge in [0.05, 0.1) is 11.4 Å². The average Bonchev–Trinajstić information content (AvgIpc) is 2.50. The molecule has 0 aliphatic rings. The predicted octanol–water partition coefficient (Wildman–Crippen LogP) is 3.09. The van der Waals surface area contributed by atoms with Gasteiger partial charge in [0.1, 0.15) is 24.0 Å². The summed E-state index contributed by atoms with van der Waals surface area (Å²) >= 11 is 3.30. The largest absolute Gasteiger partial charge is 0.481 e. The van der Waals surface area contributed by atoms with Gasteiger partial charge in [-0.15, -0.1) is 0 Å². The van der Waals surface area contributed by atoms with Crippen LogP contribution >= 0.6 is 15.9 Å². The summed E-state index contributed by atoms with van der Waals surface area (Å²) < 4.78 is 58.2. The number of rotatable bonds is 5. The van der Waals surface area contributed by atoms with E-state index in [1.807, 2.05) is 6.07 Å². The second kappa shape index (κ2) is 8.24. The Morgan fingerprint density at radius 3 is 2.46 bits per heavy atom. The van der Waals surface area contributed by atoms with Crippen molar-refractivity contribution in [2.75, 3.05) is 13.2 Å². The third-order valence-electron chi connectivity index (χ3n) is 2.73. The molecule has 0 heterocycles. The van der Waals surface area contributed by atoms with Crippen LogP contribution in [0, 0.1) is 23.5 Å². The molecule has 0 unspecified atom stereocenters. The Morgan fingerprint density at radius 1 is 1.08 bits per heavy atom. The third-order valence-corrected chi connectivity index (χ3v) is 4.60. The summed E-state index contributed by atoms with van der Waals surface area (Å²) in [6.07, 6.45) is 0. The van der Waals surface area contributed by atoms with E-state index in [1.165, 1.54) is 0 Å². The van der Waals surface area contributed by atoms with Crippen molar-refractivity contribution >= 4 is 26.0 Å². The molecule has 0 radical (unpaired) electrons. The number of ether oxygens (including phenoxy) is 1. The van der Waals surface area contributed by atoms with Gasteiger partial charge in [0.2, 0.25) is 10.0 Å². The van der Waals surface area contributed by atoms with Crippen LogP contribution in [-0.4, -0.2) is 21.6 Å². The molecule has 4 nitrogen and oxygen atoms in total. The molecule has 0 bridgehead atoms. The molecule has 126 valence electrons. The molecular formula is C16H12BrF2NO3S. The van der Waals surface area contributed by atoms with E-state index >= 15 is 0 Å². The van der Waals surface area contributed by atoms with E-state index in [-0.39, 0.29) is 13.2 Å². The molecule has 0 aliphatic heterocycles. The normalized spacial score (nSPS) is 10.8. The lowest BCUT2D eigenvalue weighted by atomic mass is 10.3. The fourth-order valence-corrected chi connectivity index (χ4v) is 3.03. The molecule has 0 saturated heterocycles. The fourth-order valence-electron chi connectivity index (χ4n) is 1.69. The van der Waals surface area contributed by atoms with Gasteiger partial charge in [-0.25, -0.2) is 17.2 Å². The molecule has 2 rings (SSSR count). The molecule has 0 amide bonds. The first-order valence-corrected chi connectivity index (χ1v) is 8.94. The van der Waals surface area contributed by atoms with E-state index in [2.05, 4.69) is 32.5 Å². The van der Waals surface area contributed by atoms with Gasteiger partial charge in [0, 0.05) is 10.5 Å². The molecule has 0 atom stereocenters. The number of hydrogen-bond donors (Lipinski definition) is 1. The second-order valence-corrected chi connectivity index (χ2v) is 7.21. The molecule has 2 aromatic carbocycles. The zero-order valence-electron chi connectivity index (χ0n) is 12.2. The smallest absolute Gasteiger partial charge is 0.241 e. The summed E-state index contributed by atoms with van der Waals surface area (Å²) in [4.78, 5) is -0.493. The van der Waals surface area contributed by atoms with Crippen molar-refractivity contribution in [2.45, 2.75) is 4.90 Å².